The van der Waals surface area contributed by atoms with Gasteiger partial charge < -0.3 is 15.0 Å². The number of hydrogen-bond donors (Lipinski definition) is 1. The molecule has 2 heterocycles. The van der Waals surface area contributed by atoms with Crippen molar-refractivity contribution in [1.29, 1.82) is 0 Å². The maximum absolute atomic E-state index is 13.0. The van der Waals surface area contributed by atoms with Crippen molar-refractivity contribution in [1.82, 2.24) is 15.1 Å². The number of allylic oxidation sites excluding steroid dienone is 2. The van der Waals surface area contributed by atoms with Crippen LogP contribution in [-0.2, 0) is 0 Å². The molecule has 24 heavy (non-hydrogen) atoms. The average molecular weight is 329 g/mol. The molecule has 1 saturated carbocycles. The van der Waals surface area contributed by atoms with Crippen LogP contribution in [0.4, 0.5) is 4.39 Å². The molecule has 0 amide bonds. The zero-order chi connectivity index (χ0) is 16.4. The largest absolute Gasteiger partial charge is 0.467 e. The van der Waals surface area contributed by atoms with Crippen molar-refractivity contribution < 1.29 is 9.13 Å². The Kier molecular flexibility index (Phi) is 4.43. The SMILES string of the molecule is Fc1ccc(OC2C=CC=C(N3CCN(C4CCC4)CC3)N2)cc1. The lowest BCUT2D eigenvalue weighted by Crippen LogP contribution is -2.54. The van der Waals surface area contributed by atoms with Gasteiger partial charge in [-0.3, -0.25) is 4.90 Å². The molecule has 1 aliphatic carbocycles. The molecule has 0 aromatic heterocycles. The first-order valence-corrected chi connectivity index (χ1v) is 8.84. The fourth-order valence-electron chi connectivity index (χ4n) is 3.49. The average Bonchev–Trinajstić information content (AvgIpc) is 2.56. The lowest BCUT2D eigenvalue weighted by Gasteiger charge is -2.44. The molecular formula is C19H24FN3O. The highest BCUT2D eigenvalue weighted by Gasteiger charge is 2.29. The van der Waals surface area contributed by atoms with E-state index in [9.17, 15) is 4.39 Å². The van der Waals surface area contributed by atoms with Crippen LogP contribution in [0.1, 0.15) is 19.3 Å². The van der Waals surface area contributed by atoms with Gasteiger partial charge in [0.2, 0.25) is 0 Å². The summed E-state index contributed by atoms with van der Waals surface area (Å²) in [6.07, 6.45) is 10.0. The van der Waals surface area contributed by atoms with Crippen molar-refractivity contribution in [3.8, 4) is 5.75 Å². The molecule has 1 aromatic rings. The fraction of sp³-hybridized carbons (Fsp3) is 0.474. The van der Waals surface area contributed by atoms with Gasteiger partial charge in [0.1, 0.15) is 17.4 Å². The summed E-state index contributed by atoms with van der Waals surface area (Å²) >= 11 is 0. The molecule has 0 radical (unpaired) electrons. The van der Waals surface area contributed by atoms with Crippen molar-refractivity contribution >= 4 is 0 Å². The van der Waals surface area contributed by atoms with Gasteiger partial charge in [-0.2, -0.15) is 0 Å². The number of halogens is 1. The Morgan fingerprint density at radius 1 is 1.04 bits per heavy atom. The summed E-state index contributed by atoms with van der Waals surface area (Å²) < 4.78 is 18.9. The molecule has 3 aliphatic rings. The Morgan fingerprint density at radius 2 is 1.79 bits per heavy atom. The Balaban J connectivity index is 1.31. The van der Waals surface area contributed by atoms with Gasteiger partial charge in [-0.1, -0.05) is 12.5 Å². The molecule has 4 rings (SSSR count). The van der Waals surface area contributed by atoms with Crippen LogP contribution in [0.25, 0.3) is 0 Å². The second-order valence-corrected chi connectivity index (χ2v) is 6.68. The van der Waals surface area contributed by atoms with E-state index in [0.717, 1.165) is 38.0 Å². The number of dihydropyridines is 1. The molecular weight excluding hydrogens is 305 g/mol. The summed E-state index contributed by atoms with van der Waals surface area (Å²) in [5, 5.41) is 3.42. The van der Waals surface area contributed by atoms with Gasteiger partial charge >= 0.3 is 0 Å². The van der Waals surface area contributed by atoms with E-state index in [1.54, 1.807) is 12.1 Å². The smallest absolute Gasteiger partial charge is 0.190 e. The summed E-state index contributed by atoms with van der Waals surface area (Å²) in [6.45, 7) is 4.37. The van der Waals surface area contributed by atoms with Crippen molar-refractivity contribution in [2.75, 3.05) is 26.2 Å². The number of nitrogens with one attached hydrogen (secondary N) is 1. The molecule has 4 nitrogen and oxygen atoms in total. The minimum atomic E-state index is -0.251. The summed E-state index contributed by atoms with van der Waals surface area (Å²) in [7, 11) is 0. The normalized spacial score (nSPS) is 25.0. The molecule has 1 N–H and O–H groups in total. The first-order valence-electron chi connectivity index (χ1n) is 8.84. The minimum Gasteiger partial charge on any atom is -0.467 e. The maximum Gasteiger partial charge on any atom is 0.190 e. The van der Waals surface area contributed by atoms with Gasteiger partial charge in [0, 0.05) is 32.2 Å². The molecule has 0 bridgehead atoms. The highest BCUT2D eigenvalue weighted by atomic mass is 19.1. The van der Waals surface area contributed by atoms with Crippen LogP contribution < -0.4 is 10.1 Å². The number of nitrogens with zero attached hydrogens (tertiary/aromatic N) is 2. The highest BCUT2D eigenvalue weighted by Crippen LogP contribution is 2.26. The van der Waals surface area contributed by atoms with E-state index in [2.05, 4.69) is 21.2 Å². The van der Waals surface area contributed by atoms with Gasteiger partial charge in [-0.05, 0) is 49.3 Å². The van der Waals surface area contributed by atoms with Crippen molar-refractivity contribution in [3.63, 3.8) is 0 Å². The molecule has 1 aromatic carbocycles. The molecule has 5 heteroatoms. The van der Waals surface area contributed by atoms with Gasteiger partial charge in [-0.15, -0.1) is 0 Å². The van der Waals surface area contributed by atoms with Gasteiger partial charge in [0.15, 0.2) is 6.23 Å². The Labute approximate surface area is 142 Å². The van der Waals surface area contributed by atoms with Crippen LogP contribution in [0.5, 0.6) is 5.75 Å². The summed E-state index contributed by atoms with van der Waals surface area (Å²) in [6, 6.07) is 6.96. The maximum atomic E-state index is 13.0. The van der Waals surface area contributed by atoms with E-state index in [4.69, 9.17) is 4.74 Å². The molecule has 128 valence electrons. The van der Waals surface area contributed by atoms with Gasteiger partial charge in [0.25, 0.3) is 0 Å². The van der Waals surface area contributed by atoms with Crippen LogP contribution >= 0.6 is 0 Å². The summed E-state index contributed by atoms with van der Waals surface area (Å²) in [4.78, 5) is 5.02. The molecule has 0 spiro atoms. The molecule has 1 unspecified atom stereocenters. The third-order valence-electron chi connectivity index (χ3n) is 5.15. The van der Waals surface area contributed by atoms with Crippen molar-refractivity contribution in [2.45, 2.75) is 31.5 Å². The molecule has 1 atom stereocenters. The van der Waals surface area contributed by atoms with E-state index in [0.29, 0.717) is 5.75 Å². The number of rotatable bonds is 4. The number of hydrogen-bond acceptors (Lipinski definition) is 4. The first-order chi connectivity index (χ1) is 11.8. The van der Waals surface area contributed by atoms with Crippen LogP contribution in [-0.4, -0.2) is 48.2 Å². The summed E-state index contributed by atoms with van der Waals surface area (Å²) in [5.41, 5.74) is 0. The van der Waals surface area contributed by atoms with Crippen molar-refractivity contribution in [2.24, 2.45) is 0 Å². The van der Waals surface area contributed by atoms with Crippen LogP contribution in [0.15, 0.2) is 48.3 Å². The van der Waals surface area contributed by atoms with E-state index in [-0.39, 0.29) is 12.0 Å². The van der Waals surface area contributed by atoms with E-state index < -0.39 is 0 Å². The Bertz CT molecular complexity index is 616. The van der Waals surface area contributed by atoms with E-state index >= 15 is 0 Å². The second kappa shape index (κ2) is 6.85. The second-order valence-electron chi connectivity index (χ2n) is 6.68. The number of ether oxygens (including phenoxy) is 1. The van der Waals surface area contributed by atoms with E-state index in [1.165, 1.54) is 31.4 Å². The van der Waals surface area contributed by atoms with Crippen LogP contribution in [0.2, 0.25) is 0 Å². The number of benzene rings is 1. The number of piperazine rings is 1. The predicted molar refractivity (Wildman–Crippen MR) is 92.0 cm³/mol. The summed E-state index contributed by atoms with van der Waals surface area (Å²) in [5.74, 6) is 1.52. The molecule has 2 fully saturated rings. The zero-order valence-electron chi connectivity index (χ0n) is 13.8. The fourth-order valence-corrected chi connectivity index (χ4v) is 3.49. The van der Waals surface area contributed by atoms with E-state index in [1.807, 2.05) is 12.2 Å². The van der Waals surface area contributed by atoms with Gasteiger partial charge in [-0.25, -0.2) is 4.39 Å². The lowest BCUT2D eigenvalue weighted by atomic mass is 9.91. The third-order valence-corrected chi connectivity index (χ3v) is 5.15. The predicted octanol–water partition coefficient (Wildman–Crippen LogP) is 2.70. The standard InChI is InChI=1S/C19H24FN3O/c20-15-7-9-17(10-8-15)24-19-6-2-5-18(21-19)23-13-11-22(12-14-23)16-3-1-4-16/h2,5-10,16,19,21H,1,3-4,11-14H2. The monoisotopic (exact) mass is 329 g/mol. The minimum absolute atomic E-state index is 0.222. The lowest BCUT2D eigenvalue weighted by molar-refractivity contribution is 0.0679. The molecule has 1 saturated heterocycles. The van der Waals surface area contributed by atoms with Crippen molar-refractivity contribution in [3.05, 3.63) is 54.1 Å². The van der Waals surface area contributed by atoms with Crippen LogP contribution in [0, 0.1) is 5.82 Å². The highest BCUT2D eigenvalue weighted by molar-refractivity contribution is 5.25. The quantitative estimate of drug-likeness (QED) is 0.919. The first kappa shape index (κ1) is 15.5. The van der Waals surface area contributed by atoms with Crippen LogP contribution in [0.3, 0.4) is 0 Å². The van der Waals surface area contributed by atoms with Gasteiger partial charge in [0.05, 0.1) is 0 Å². The Morgan fingerprint density at radius 3 is 2.46 bits per heavy atom. The zero-order valence-corrected chi connectivity index (χ0v) is 13.8. The molecule has 2 aliphatic heterocycles. The Hall–Kier alpha value is -2.01. The topological polar surface area (TPSA) is 27.7 Å². The third kappa shape index (κ3) is 3.41.